The average molecular weight is 841 g/mol. The molecule has 4 saturated carbocycles. The van der Waals surface area contributed by atoms with E-state index in [-0.39, 0.29) is 39.2 Å². The van der Waals surface area contributed by atoms with E-state index in [9.17, 15) is 0 Å². The second kappa shape index (κ2) is 11.8. The Bertz CT molecular complexity index is 3260. The van der Waals surface area contributed by atoms with E-state index in [4.69, 9.17) is 0 Å². The Balaban J connectivity index is 1.12. The van der Waals surface area contributed by atoms with E-state index in [1.54, 1.807) is 22.3 Å². The molecule has 0 amide bonds. The standard InChI is InChI=1S/C62H57BN2/c1-57(2)38-29-31-59(57,5)61(36-38)45-25-15-13-23-42(45)44-33-50-52(34-47(44)61)65(41-21-11-8-12-22-41)56-54-43-24-14-16-26-46(43)62(37-39-30-32-60(62,6)58(39,3)4)48(54)35-53-55(56)63(50)49-27-17-18-28-51(49)64(53)40-19-9-7-10-20-40/h7-28,33-35,38-39H,29-32,36-37H2,1-6H3/t38-,39?,59-,60-,61-,62-/m0/s1. The van der Waals surface area contributed by atoms with Crippen LogP contribution in [-0.2, 0) is 10.8 Å². The molecule has 0 N–H and O–H groups in total. The summed E-state index contributed by atoms with van der Waals surface area (Å²) in [6.45, 7) is 15.9. The first kappa shape index (κ1) is 37.4. The molecule has 3 heteroatoms. The van der Waals surface area contributed by atoms with E-state index < -0.39 is 0 Å². The molecular formula is C62H57BN2. The SMILES string of the molecule is CC1(C)C2CC[C@]1(C)[C@@]1(C2)c2ccccc2-c2c1cc1c3c2N(c2ccccc2)c2cc4c(cc2B3c2ccccc2N1c1ccccc1)-c1ccccc1[C@@]41C[C@@H]2CC[C@@]1(C)C2(C)C. The van der Waals surface area contributed by atoms with Gasteiger partial charge >= 0.3 is 0 Å². The summed E-state index contributed by atoms with van der Waals surface area (Å²) in [5.74, 6) is 1.38. The molecule has 0 radical (unpaired) electrons. The van der Waals surface area contributed by atoms with Crippen LogP contribution in [0.3, 0.4) is 0 Å². The van der Waals surface area contributed by atoms with E-state index in [1.807, 2.05) is 0 Å². The molecule has 65 heavy (non-hydrogen) atoms. The molecule has 318 valence electrons. The first-order valence-corrected chi connectivity index (χ1v) is 24.9. The van der Waals surface area contributed by atoms with Gasteiger partial charge in [-0.05, 0) is 170 Å². The molecule has 7 aromatic rings. The summed E-state index contributed by atoms with van der Waals surface area (Å²) in [5.41, 5.74) is 24.8. The third kappa shape index (κ3) is 3.90. The van der Waals surface area contributed by atoms with E-state index in [2.05, 4.69) is 203 Å². The molecule has 0 aromatic heterocycles. The zero-order valence-corrected chi connectivity index (χ0v) is 38.8. The van der Waals surface area contributed by atoms with Crippen molar-refractivity contribution in [3.8, 4) is 22.3 Å². The first-order valence-electron chi connectivity index (χ1n) is 24.9. The van der Waals surface area contributed by atoms with Crippen LogP contribution >= 0.6 is 0 Å². The van der Waals surface area contributed by atoms with Crippen LogP contribution in [0, 0.1) is 33.5 Å². The lowest BCUT2D eigenvalue weighted by Crippen LogP contribution is -2.61. The van der Waals surface area contributed by atoms with Crippen molar-refractivity contribution in [2.45, 2.75) is 90.9 Å². The van der Waals surface area contributed by atoms with Crippen LogP contribution in [0.4, 0.5) is 34.1 Å². The summed E-state index contributed by atoms with van der Waals surface area (Å²) in [6.07, 6.45) is 7.62. The smallest absolute Gasteiger partial charge is 0.252 e. The zero-order chi connectivity index (χ0) is 43.6. The van der Waals surface area contributed by atoms with Crippen molar-refractivity contribution in [3.63, 3.8) is 0 Å². The summed E-state index contributed by atoms with van der Waals surface area (Å²) < 4.78 is 0. The molecule has 6 atom stereocenters. The fourth-order valence-electron chi connectivity index (χ4n) is 17.7. The topological polar surface area (TPSA) is 6.48 Å². The van der Waals surface area contributed by atoms with E-state index in [0.717, 1.165) is 0 Å². The number of nitrogens with zero attached hydrogens (tertiary/aromatic N) is 2. The Morgan fingerprint density at radius 3 is 1.58 bits per heavy atom. The molecule has 2 spiro atoms. The minimum absolute atomic E-state index is 0.0404. The fraction of sp³-hybridized carbons (Fsp3) is 0.323. The minimum atomic E-state index is -0.0960. The van der Waals surface area contributed by atoms with Gasteiger partial charge in [0.15, 0.2) is 0 Å². The number of hydrogen-bond acceptors (Lipinski definition) is 2. The highest BCUT2D eigenvalue weighted by molar-refractivity contribution is 7.00. The number of benzene rings is 7. The molecule has 4 fully saturated rings. The Morgan fingerprint density at radius 1 is 0.446 bits per heavy atom. The van der Waals surface area contributed by atoms with Gasteiger partial charge in [-0.15, -0.1) is 0 Å². The molecule has 15 rings (SSSR count). The molecular weight excluding hydrogens is 784 g/mol. The van der Waals surface area contributed by atoms with E-state index in [1.165, 1.54) is 111 Å². The molecule has 1 unspecified atom stereocenters. The minimum Gasteiger partial charge on any atom is -0.311 e. The van der Waals surface area contributed by atoms with Gasteiger partial charge in [0.1, 0.15) is 0 Å². The maximum atomic E-state index is 2.79. The zero-order valence-electron chi connectivity index (χ0n) is 38.8. The normalized spacial score (nSPS) is 30.0. The van der Waals surface area contributed by atoms with Crippen LogP contribution in [0.15, 0.2) is 152 Å². The Labute approximate surface area is 385 Å². The lowest BCUT2D eigenvalue weighted by Gasteiger charge is -2.50. The Kier molecular flexibility index (Phi) is 6.78. The van der Waals surface area contributed by atoms with Crippen molar-refractivity contribution in [1.29, 1.82) is 0 Å². The number of para-hydroxylation sites is 3. The highest BCUT2D eigenvalue weighted by atomic mass is 15.2. The third-order valence-corrected chi connectivity index (χ3v) is 21.4. The molecule has 8 aliphatic rings. The molecule has 4 bridgehead atoms. The van der Waals surface area contributed by atoms with Gasteiger partial charge in [0, 0.05) is 44.8 Å². The molecule has 7 aromatic carbocycles. The van der Waals surface area contributed by atoms with Crippen molar-refractivity contribution in [2.24, 2.45) is 33.5 Å². The van der Waals surface area contributed by atoms with Crippen molar-refractivity contribution in [1.82, 2.24) is 0 Å². The van der Waals surface area contributed by atoms with Crippen LogP contribution in [-0.4, -0.2) is 6.71 Å². The van der Waals surface area contributed by atoms with Crippen molar-refractivity contribution in [3.05, 3.63) is 174 Å². The largest absolute Gasteiger partial charge is 0.311 e. The van der Waals surface area contributed by atoms with Gasteiger partial charge in [0.2, 0.25) is 0 Å². The summed E-state index contributed by atoms with van der Waals surface area (Å²) in [7, 11) is 0. The van der Waals surface area contributed by atoms with Gasteiger partial charge < -0.3 is 9.80 Å². The summed E-state index contributed by atoms with van der Waals surface area (Å²) in [5, 5.41) is 0. The van der Waals surface area contributed by atoms with E-state index in [0.29, 0.717) is 11.8 Å². The van der Waals surface area contributed by atoms with Crippen LogP contribution in [0.25, 0.3) is 22.3 Å². The highest BCUT2D eigenvalue weighted by Gasteiger charge is 2.73. The van der Waals surface area contributed by atoms with Gasteiger partial charge in [0.05, 0.1) is 5.69 Å². The predicted octanol–water partition coefficient (Wildman–Crippen LogP) is 14.0. The van der Waals surface area contributed by atoms with Crippen LogP contribution in [0.2, 0.25) is 0 Å². The number of anilines is 6. The first-order chi connectivity index (χ1) is 31.5. The van der Waals surface area contributed by atoms with E-state index >= 15 is 0 Å². The Hall–Kier alpha value is -5.80. The average Bonchev–Trinajstić information content (AvgIpc) is 4.02. The summed E-state index contributed by atoms with van der Waals surface area (Å²) >= 11 is 0. The molecule has 2 nitrogen and oxygen atoms in total. The maximum absolute atomic E-state index is 2.79. The van der Waals surface area contributed by atoms with Crippen molar-refractivity contribution in [2.75, 3.05) is 9.80 Å². The van der Waals surface area contributed by atoms with Crippen molar-refractivity contribution >= 4 is 57.2 Å². The molecule has 0 saturated heterocycles. The molecule has 6 aliphatic carbocycles. The quantitative estimate of drug-likeness (QED) is 0.160. The van der Waals surface area contributed by atoms with Gasteiger partial charge in [0.25, 0.3) is 6.71 Å². The highest BCUT2D eigenvalue weighted by Crippen LogP contribution is 2.80. The van der Waals surface area contributed by atoms with Crippen molar-refractivity contribution < 1.29 is 0 Å². The number of rotatable bonds is 2. The third-order valence-electron chi connectivity index (χ3n) is 21.4. The fourth-order valence-corrected chi connectivity index (χ4v) is 17.7. The van der Waals surface area contributed by atoms with Crippen LogP contribution in [0.5, 0.6) is 0 Å². The second-order valence-electron chi connectivity index (χ2n) is 23.3. The summed E-state index contributed by atoms with van der Waals surface area (Å²) in [4.78, 5) is 5.43. The molecule has 2 aliphatic heterocycles. The van der Waals surface area contributed by atoms with Crippen LogP contribution < -0.4 is 26.2 Å². The van der Waals surface area contributed by atoms with Gasteiger partial charge in [-0.3, -0.25) is 0 Å². The Morgan fingerprint density at radius 2 is 0.969 bits per heavy atom. The predicted molar refractivity (Wildman–Crippen MR) is 271 cm³/mol. The second-order valence-corrected chi connectivity index (χ2v) is 23.3. The van der Waals surface area contributed by atoms with Gasteiger partial charge in [-0.1, -0.05) is 151 Å². The summed E-state index contributed by atoms with van der Waals surface area (Å²) in [6, 6.07) is 59.7. The molecule has 2 heterocycles. The van der Waals surface area contributed by atoms with Crippen LogP contribution in [0.1, 0.15) is 102 Å². The number of fused-ring (bicyclic) bond motifs is 21. The maximum Gasteiger partial charge on any atom is 0.252 e. The monoisotopic (exact) mass is 840 g/mol. The lowest BCUT2D eigenvalue weighted by molar-refractivity contribution is 0.0990. The van der Waals surface area contributed by atoms with Gasteiger partial charge in [-0.25, -0.2) is 0 Å². The van der Waals surface area contributed by atoms with Gasteiger partial charge in [-0.2, -0.15) is 0 Å². The lowest BCUT2D eigenvalue weighted by atomic mass is 9.33. The number of hydrogen-bond donors (Lipinski definition) is 0.